The van der Waals surface area contributed by atoms with Crippen LogP contribution < -0.4 is 5.56 Å². The summed E-state index contributed by atoms with van der Waals surface area (Å²) in [5.41, 5.74) is 4.64. The summed E-state index contributed by atoms with van der Waals surface area (Å²) in [4.78, 5) is 19.9. The van der Waals surface area contributed by atoms with E-state index in [9.17, 15) is 4.79 Å². The third kappa shape index (κ3) is 3.60. The number of benzene rings is 2. The van der Waals surface area contributed by atoms with Crippen molar-refractivity contribution in [3.05, 3.63) is 99.5 Å². The van der Waals surface area contributed by atoms with Crippen molar-refractivity contribution in [1.29, 1.82) is 0 Å². The summed E-state index contributed by atoms with van der Waals surface area (Å²) in [5, 5.41) is 10.1. The molecule has 0 spiro atoms. The minimum atomic E-state index is -0.104. The van der Waals surface area contributed by atoms with Gasteiger partial charge in [-0.1, -0.05) is 48.5 Å². The van der Waals surface area contributed by atoms with E-state index in [0.717, 1.165) is 52.0 Å². The Morgan fingerprint density at radius 2 is 1.73 bits per heavy atom. The highest BCUT2D eigenvalue weighted by molar-refractivity contribution is 7.18. The molecule has 7 heteroatoms. The highest BCUT2D eigenvalue weighted by Gasteiger charge is 2.20. The molecule has 1 aliphatic carbocycles. The zero-order chi connectivity index (χ0) is 22.2. The Balaban J connectivity index is 1.44. The molecule has 0 N–H and O–H groups in total. The number of aryl methyl sites for hydroxylation is 2. The topological polar surface area (TPSA) is 65.1 Å². The Labute approximate surface area is 194 Å². The van der Waals surface area contributed by atoms with Crippen molar-refractivity contribution in [2.45, 2.75) is 25.7 Å². The molecule has 2 aromatic carbocycles. The van der Waals surface area contributed by atoms with Crippen LogP contribution in [0.4, 0.5) is 0 Å². The lowest BCUT2D eigenvalue weighted by Crippen LogP contribution is -2.18. The molecule has 0 saturated heterocycles. The highest BCUT2D eigenvalue weighted by atomic mass is 32.1. The molecule has 0 unspecified atom stereocenters. The van der Waals surface area contributed by atoms with Crippen LogP contribution in [0.5, 0.6) is 0 Å². The first-order chi connectivity index (χ1) is 16.3. The van der Waals surface area contributed by atoms with Crippen molar-refractivity contribution in [1.82, 2.24) is 19.4 Å². The van der Waals surface area contributed by atoms with Gasteiger partial charge in [-0.25, -0.2) is 9.67 Å². The lowest BCUT2D eigenvalue weighted by Gasteiger charge is -2.09. The molecular formula is C26H21N5OS. The van der Waals surface area contributed by atoms with Gasteiger partial charge in [-0.2, -0.15) is 14.9 Å². The summed E-state index contributed by atoms with van der Waals surface area (Å²) >= 11 is 1.65. The largest absolute Gasteiger partial charge is 0.282 e. The van der Waals surface area contributed by atoms with Crippen LogP contribution in [0.25, 0.3) is 27.2 Å². The fraction of sp³-hybridized carbons (Fsp3) is 0.154. The molecule has 1 aliphatic rings. The van der Waals surface area contributed by atoms with E-state index in [1.54, 1.807) is 17.6 Å². The van der Waals surface area contributed by atoms with E-state index >= 15 is 0 Å². The third-order valence-corrected chi connectivity index (χ3v) is 7.19. The van der Waals surface area contributed by atoms with Crippen molar-refractivity contribution in [3.63, 3.8) is 0 Å². The van der Waals surface area contributed by atoms with Crippen molar-refractivity contribution in [2.24, 2.45) is 5.10 Å². The molecule has 0 atom stereocenters. The molecule has 0 aliphatic heterocycles. The molecule has 3 heterocycles. The lowest BCUT2D eigenvalue weighted by atomic mass is 9.97. The third-order valence-electron chi connectivity index (χ3n) is 5.99. The van der Waals surface area contributed by atoms with Gasteiger partial charge in [0.25, 0.3) is 5.56 Å². The van der Waals surface area contributed by atoms with Gasteiger partial charge in [0.2, 0.25) is 0 Å². The number of nitrogens with zero attached hydrogens (tertiary/aromatic N) is 5. The van der Waals surface area contributed by atoms with E-state index in [1.165, 1.54) is 27.9 Å². The zero-order valence-electron chi connectivity index (χ0n) is 17.9. The minimum Gasteiger partial charge on any atom is -0.267 e. The molecule has 162 valence electrons. The van der Waals surface area contributed by atoms with Gasteiger partial charge in [0.05, 0.1) is 17.3 Å². The molecule has 0 radical (unpaired) electrons. The van der Waals surface area contributed by atoms with Gasteiger partial charge < -0.3 is 0 Å². The van der Waals surface area contributed by atoms with Gasteiger partial charge >= 0.3 is 0 Å². The molecule has 3 aromatic heterocycles. The van der Waals surface area contributed by atoms with Crippen LogP contribution in [0, 0.1) is 0 Å². The first kappa shape index (κ1) is 19.8. The molecule has 6 nitrogen and oxygen atoms in total. The summed E-state index contributed by atoms with van der Waals surface area (Å²) in [5.74, 6) is 0. The average molecular weight is 452 g/mol. The van der Waals surface area contributed by atoms with Gasteiger partial charge in [-0.05, 0) is 43.4 Å². The van der Waals surface area contributed by atoms with Crippen LogP contribution in [-0.2, 0) is 12.8 Å². The predicted octanol–water partition coefficient (Wildman–Crippen LogP) is 5.07. The highest BCUT2D eigenvalue weighted by Crippen LogP contribution is 2.33. The normalized spacial score (nSPS) is 13.6. The second kappa shape index (κ2) is 8.26. The quantitative estimate of drug-likeness (QED) is 0.358. The molecule has 0 amide bonds. The maximum atomic E-state index is 13.3. The number of hydrogen-bond acceptors (Lipinski definition) is 5. The number of fused-ring (bicyclic) bond motifs is 3. The summed E-state index contributed by atoms with van der Waals surface area (Å²) in [6.07, 6.45) is 9.44. The number of thiophene rings is 1. The molecule has 6 rings (SSSR count). The van der Waals surface area contributed by atoms with Crippen molar-refractivity contribution in [2.75, 3.05) is 0 Å². The van der Waals surface area contributed by atoms with Crippen molar-refractivity contribution >= 4 is 27.8 Å². The van der Waals surface area contributed by atoms with Crippen molar-refractivity contribution < 1.29 is 0 Å². The molecule has 0 saturated carbocycles. The Kier molecular flexibility index (Phi) is 4.96. The molecule has 5 aromatic rings. The second-order valence-electron chi connectivity index (χ2n) is 8.11. The second-order valence-corrected chi connectivity index (χ2v) is 9.19. The van der Waals surface area contributed by atoms with E-state index in [0.29, 0.717) is 0 Å². The summed E-state index contributed by atoms with van der Waals surface area (Å²) in [7, 11) is 0. The molecular weight excluding hydrogens is 430 g/mol. The minimum absolute atomic E-state index is 0.104. The lowest BCUT2D eigenvalue weighted by molar-refractivity contribution is 0.699. The smallest absolute Gasteiger partial charge is 0.267 e. The number of aromatic nitrogens is 4. The molecule has 33 heavy (non-hydrogen) atoms. The Bertz CT molecular complexity index is 1530. The predicted molar refractivity (Wildman–Crippen MR) is 133 cm³/mol. The van der Waals surface area contributed by atoms with Gasteiger partial charge in [-0.3, -0.25) is 4.79 Å². The number of hydrogen-bond donors (Lipinski definition) is 0. The molecule has 0 bridgehead atoms. The zero-order valence-corrected chi connectivity index (χ0v) is 18.7. The summed E-state index contributed by atoms with van der Waals surface area (Å²) < 4.78 is 3.18. The number of para-hydroxylation sites is 1. The van der Waals surface area contributed by atoms with Crippen LogP contribution >= 0.6 is 11.3 Å². The summed E-state index contributed by atoms with van der Waals surface area (Å²) in [6, 6.07) is 19.9. The van der Waals surface area contributed by atoms with Gasteiger partial charge in [0.1, 0.15) is 16.9 Å². The Morgan fingerprint density at radius 3 is 2.55 bits per heavy atom. The monoisotopic (exact) mass is 451 g/mol. The van der Waals surface area contributed by atoms with Crippen molar-refractivity contribution in [3.8, 4) is 16.9 Å². The fourth-order valence-corrected chi connectivity index (χ4v) is 5.58. The van der Waals surface area contributed by atoms with E-state index in [4.69, 9.17) is 5.10 Å². The van der Waals surface area contributed by atoms with E-state index < -0.39 is 0 Å². The van der Waals surface area contributed by atoms with Crippen LogP contribution in [0.3, 0.4) is 0 Å². The van der Waals surface area contributed by atoms with E-state index in [-0.39, 0.29) is 5.56 Å². The van der Waals surface area contributed by atoms with Gasteiger partial charge in [0.15, 0.2) is 0 Å². The van der Waals surface area contributed by atoms with Gasteiger partial charge in [-0.15, -0.1) is 11.3 Å². The number of rotatable bonds is 4. The SMILES string of the molecule is O=c1c2c3c(sc2ncn1N=Cc1cn(-c2ccccc2)nc1-c1ccccc1)CCCC3. The molecule has 0 fully saturated rings. The van der Waals surface area contributed by atoms with E-state index in [2.05, 4.69) is 10.1 Å². The Morgan fingerprint density at radius 1 is 0.970 bits per heavy atom. The standard InChI is InChI=1S/C26H21N5OS/c32-26-23-21-13-7-8-14-22(21)33-25(23)27-17-31(26)28-15-19-16-30(20-11-5-2-6-12-20)29-24(19)18-9-3-1-4-10-18/h1-6,9-12,15-17H,7-8,13-14H2. The van der Waals surface area contributed by atoms with Crippen LogP contribution in [0.15, 0.2) is 83.1 Å². The maximum Gasteiger partial charge on any atom is 0.282 e. The first-order valence-corrected chi connectivity index (χ1v) is 11.9. The maximum absolute atomic E-state index is 13.3. The van der Waals surface area contributed by atoms with E-state index in [1.807, 2.05) is 71.5 Å². The van der Waals surface area contributed by atoms with Crippen LogP contribution in [0.2, 0.25) is 0 Å². The average Bonchev–Trinajstić information content (AvgIpc) is 3.47. The Hall–Kier alpha value is -3.84. The van der Waals surface area contributed by atoms with Crippen LogP contribution in [-0.4, -0.2) is 25.7 Å². The first-order valence-electron chi connectivity index (χ1n) is 11.0. The fourth-order valence-electron chi connectivity index (χ4n) is 4.36. The van der Waals surface area contributed by atoms with Crippen LogP contribution in [0.1, 0.15) is 28.8 Å². The van der Waals surface area contributed by atoms with Gasteiger partial charge in [0, 0.05) is 22.2 Å². The summed E-state index contributed by atoms with van der Waals surface area (Å²) in [6.45, 7) is 0.